The summed E-state index contributed by atoms with van der Waals surface area (Å²) in [6.45, 7) is 2.98. The van der Waals surface area contributed by atoms with Gasteiger partial charge in [0.15, 0.2) is 11.6 Å². The zero-order valence-corrected chi connectivity index (χ0v) is 17.1. The van der Waals surface area contributed by atoms with Crippen LogP contribution in [0.5, 0.6) is 5.75 Å². The number of aromatic nitrogens is 2. The number of halogens is 2. The highest BCUT2D eigenvalue weighted by Crippen LogP contribution is 2.59. The number of nitrogens with zero attached hydrogens (tertiary/aromatic N) is 4. The second-order valence-corrected chi connectivity index (χ2v) is 8.97. The molecule has 4 fully saturated rings. The Balaban J connectivity index is 1.30. The Bertz CT molecular complexity index is 986. The first-order valence-corrected chi connectivity index (χ1v) is 10.9. The number of alkyl halides is 2. The van der Waals surface area contributed by atoms with E-state index in [0.29, 0.717) is 29.4 Å². The average Bonchev–Trinajstić information content (AvgIpc) is 3.15. The molecule has 2 aromatic rings. The Morgan fingerprint density at radius 1 is 1.13 bits per heavy atom. The molecule has 9 heteroatoms. The van der Waals surface area contributed by atoms with Crippen LogP contribution in [0.1, 0.15) is 17.9 Å². The Morgan fingerprint density at radius 2 is 1.90 bits per heavy atom. The molecule has 3 atom stereocenters. The summed E-state index contributed by atoms with van der Waals surface area (Å²) in [4.78, 5) is 13.7. The van der Waals surface area contributed by atoms with E-state index in [4.69, 9.17) is 15.5 Å². The predicted octanol–water partition coefficient (Wildman–Crippen LogP) is 2.58. The van der Waals surface area contributed by atoms with Crippen LogP contribution in [0.4, 0.5) is 20.4 Å². The number of nitrogen functional groups attached to an aromatic ring is 1. The summed E-state index contributed by atoms with van der Waals surface area (Å²) >= 11 is 0. The van der Waals surface area contributed by atoms with E-state index in [1.54, 1.807) is 6.20 Å². The summed E-state index contributed by atoms with van der Waals surface area (Å²) in [7, 11) is 0. The fourth-order valence-corrected chi connectivity index (χ4v) is 5.16. The summed E-state index contributed by atoms with van der Waals surface area (Å²) in [6, 6.07) is 6.39. The van der Waals surface area contributed by atoms with Crippen molar-refractivity contribution < 1.29 is 18.3 Å². The number of likely N-dealkylation sites (tertiary alicyclic amines) is 1. The van der Waals surface area contributed by atoms with E-state index in [9.17, 15) is 8.78 Å². The van der Waals surface area contributed by atoms with E-state index in [0.717, 1.165) is 57.3 Å². The molecule has 3 aliphatic heterocycles. The van der Waals surface area contributed by atoms with Gasteiger partial charge in [0.1, 0.15) is 5.82 Å². The fraction of sp³-hybridized carbons (Fsp3) is 0.545. The van der Waals surface area contributed by atoms with Crippen molar-refractivity contribution in [1.82, 2.24) is 14.9 Å². The normalized spacial score (nSPS) is 27.7. The van der Waals surface area contributed by atoms with Gasteiger partial charge in [-0.05, 0) is 47.9 Å². The van der Waals surface area contributed by atoms with Gasteiger partial charge in [-0.2, -0.15) is 8.78 Å². The second-order valence-electron chi connectivity index (χ2n) is 8.97. The number of pyridine rings is 2. The van der Waals surface area contributed by atoms with Gasteiger partial charge in [-0.3, -0.25) is 4.90 Å². The third-order valence-corrected chi connectivity index (χ3v) is 7.15. The van der Waals surface area contributed by atoms with Gasteiger partial charge < -0.3 is 20.1 Å². The molecule has 0 spiro atoms. The van der Waals surface area contributed by atoms with Crippen LogP contribution in [0.2, 0.25) is 0 Å². The van der Waals surface area contributed by atoms with E-state index >= 15 is 0 Å². The van der Waals surface area contributed by atoms with Crippen molar-refractivity contribution in [3.05, 3.63) is 30.0 Å². The van der Waals surface area contributed by atoms with Crippen molar-refractivity contribution >= 4 is 11.6 Å². The highest BCUT2D eigenvalue weighted by atomic mass is 19.3. The molecule has 2 aromatic heterocycles. The number of fused-ring (bicyclic) bond motifs is 1. The van der Waals surface area contributed by atoms with Crippen molar-refractivity contribution in [3.63, 3.8) is 0 Å². The highest BCUT2D eigenvalue weighted by Gasteiger charge is 2.57. The molecule has 164 valence electrons. The zero-order valence-electron chi connectivity index (χ0n) is 17.1. The van der Waals surface area contributed by atoms with Crippen molar-refractivity contribution in [3.8, 4) is 17.0 Å². The zero-order chi connectivity index (χ0) is 21.1. The number of anilines is 2. The lowest BCUT2D eigenvalue weighted by Gasteiger charge is -2.36. The summed E-state index contributed by atoms with van der Waals surface area (Å²) in [5.74, 6) is 2.63. The molecule has 4 aliphatic rings. The molecule has 0 bridgehead atoms. The molecular formula is C22H25F2N5O2. The summed E-state index contributed by atoms with van der Waals surface area (Å²) in [6.07, 6.45) is 2.73. The number of rotatable bonds is 6. The molecule has 6 rings (SSSR count). The number of hydrogen-bond acceptors (Lipinski definition) is 7. The molecule has 1 aliphatic carbocycles. The molecule has 0 unspecified atom stereocenters. The van der Waals surface area contributed by atoms with Gasteiger partial charge in [-0.1, -0.05) is 0 Å². The molecular weight excluding hydrogens is 404 g/mol. The standard InChI is InChI=1S/C22H25F2N5O2/c23-22(24)31-18-5-13(7-26-21(18)25)17-4-12(6-19(27-17)28-2-1-3-28)20-15-8-29(9-16(15)20)14-10-30-11-14/h4-7,14-16,20,22H,1-3,8-11H2,(H2,25,26)/t15-,16+,20+. The van der Waals surface area contributed by atoms with Crippen LogP contribution in [0.25, 0.3) is 11.3 Å². The predicted molar refractivity (Wildman–Crippen MR) is 111 cm³/mol. The van der Waals surface area contributed by atoms with E-state index in [1.165, 1.54) is 11.6 Å². The van der Waals surface area contributed by atoms with E-state index in [1.807, 2.05) is 0 Å². The lowest BCUT2D eigenvalue weighted by Crippen LogP contribution is -2.48. The van der Waals surface area contributed by atoms with E-state index in [2.05, 4.69) is 31.7 Å². The van der Waals surface area contributed by atoms with Crippen LogP contribution in [-0.2, 0) is 4.74 Å². The molecule has 0 radical (unpaired) electrons. The van der Waals surface area contributed by atoms with Crippen molar-refractivity contribution in [2.24, 2.45) is 11.8 Å². The Labute approximate surface area is 179 Å². The summed E-state index contributed by atoms with van der Waals surface area (Å²) < 4.78 is 35.4. The third kappa shape index (κ3) is 3.40. The lowest BCUT2D eigenvalue weighted by atomic mass is 10.0. The van der Waals surface area contributed by atoms with Crippen LogP contribution < -0.4 is 15.4 Å². The maximum absolute atomic E-state index is 12.7. The Kier molecular flexibility index (Phi) is 4.50. The fourth-order valence-electron chi connectivity index (χ4n) is 5.16. The number of nitrogens with two attached hydrogens (primary N) is 1. The quantitative estimate of drug-likeness (QED) is 0.756. The molecule has 2 N–H and O–H groups in total. The highest BCUT2D eigenvalue weighted by molar-refractivity contribution is 5.67. The first-order valence-electron chi connectivity index (χ1n) is 10.9. The minimum atomic E-state index is -2.95. The van der Waals surface area contributed by atoms with Gasteiger partial charge in [-0.25, -0.2) is 9.97 Å². The van der Waals surface area contributed by atoms with E-state index < -0.39 is 6.61 Å². The smallest absolute Gasteiger partial charge is 0.387 e. The van der Waals surface area contributed by atoms with Gasteiger partial charge in [0.25, 0.3) is 0 Å². The van der Waals surface area contributed by atoms with Gasteiger partial charge in [0.05, 0.1) is 24.9 Å². The van der Waals surface area contributed by atoms with Gasteiger partial charge in [-0.15, -0.1) is 0 Å². The maximum Gasteiger partial charge on any atom is 0.387 e. The van der Waals surface area contributed by atoms with Crippen molar-refractivity contribution in [1.29, 1.82) is 0 Å². The van der Waals surface area contributed by atoms with E-state index in [-0.39, 0.29) is 11.6 Å². The van der Waals surface area contributed by atoms with Crippen LogP contribution in [0.15, 0.2) is 24.4 Å². The second kappa shape index (κ2) is 7.27. The van der Waals surface area contributed by atoms with Gasteiger partial charge >= 0.3 is 6.61 Å². The van der Waals surface area contributed by atoms with Gasteiger partial charge in [0, 0.05) is 37.9 Å². The van der Waals surface area contributed by atoms with Crippen molar-refractivity contribution in [2.45, 2.75) is 25.0 Å². The Hall–Kier alpha value is -2.52. The van der Waals surface area contributed by atoms with Crippen LogP contribution in [0.3, 0.4) is 0 Å². The largest absolute Gasteiger partial charge is 0.431 e. The first kappa shape index (κ1) is 19.2. The minimum Gasteiger partial charge on any atom is -0.431 e. The lowest BCUT2D eigenvalue weighted by molar-refractivity contribution is -0.0609. The number of piperidine rings is 1. The SMILES string of the molecule is Nc1ncc(-c2cc([C@H]3[C@@H]4CN(C5COC5)C[C@@H]43)cc(N3CCC3)n2)cc1OC(F)F. The number of ether oxygens (including phenoxy) is 2. The molecule has 1 saturated carbocycles. The topological polar surface area (TPSA) is 76.7 Å². The molecule has 31 heavy (non-hydrogen) atoms. The third-order valence-electron chi connectivity index (χ3n) is 7.15. The monoisotopic (exact) mass is 429 g/mol. The summed E-state index contributed by atoms with van der Waals surface area (Å²) in [5, 5.41) is 0. The number of hydrogen-bond donors (Lipinski definition) is 1. The first-order chi connectivity index (χ1) is 15.1. The molecule has 0 amide bonds. The molecule has 0 aromatic carbocycles. The Morgan fingerprint density at radius 3 is 2.52 bits per heavy atom. The molecule has 5 heterocycles. The summed E-state index contributed by atoms with van der Waals surface area (Å²) in [5.41, 5.74) is 8.35. The van der Waals surface area contributed by atoms with Crippen LogP contribution >= 0.6 is 0 Å². The van der Waals surface area contributed by atoms with Crippen LogP contribution in [0, 0.1) is 11.8 Å². The van der Waals surface area contributed by atoms with Crippen molar-refractivity contribution in [2.75, 3.05) is 50.0 Å². The average molecular weight is 429 g/mol. The van der Waals surface area contributed by atoms with Crippen LogP contribution in [-0.4, -0.2) is 66.9 Å². The molecule has 3 saturated heterocycles. The van der Waals surface area contributed by atoms with Gasteiger partial charge in [0.2, 0.25) is 0 Å². The molecule has 7 nitrogen and oxygen atoms in total. The maximum atomic E-state index is 12.7. The minimum absolute atomic E-state index is 0.0556.